The predicted octanol–water partition coefficient (Wildman–Crippen LogP) is 5.06. The quantitative estimate of drug-likeness (QED) is 0.716. The van der Waals surface area contributed by atoms with Crippen molar-refractivity contribution in [3.05, 3.63) is 72.8 Å². The Morgan fingerprint density at radius 2 is 1.76 bits per heavy atom. The lowest BCUT2D eigenvalue weighted by Gasteiger charge is -2.22. The van der Waals surface area contributed by atoms with E-state index in [1.54, 1.807) is 7.11 Å². The van der Waals surface area contributed by atoms with E-state index in [1.165, 1.54) is 5.56 Å². The zero-order chi connectivity index (χ0) is 15.1. The average molecular weight is 281 g/mol. The highest BCUT2D eigenvalue weighted by Gasteiger charge is 2.13. The molecule has 0 spiro atoms. The first-order valence-corrected chi connectivity index (χ1v) is 7.31. The van der Waals surface area contributed by atoms with Gasteiger partial charge in [-0.2, -0.15) is 0 Å². The number of rotatable bonds is 7. The molecule has 0 unspecified atom stereocenters. The van der Waals surface area contributed by atoms with Crippen LogP contribution in [0.15, 0.2) is 67.3 Å². The van der Waals surface area contributed by atoms with E-state index in [0.717, 1.165) is 17.9 Å². The number of benzene rings is 2. The van der Waals surface area contributed by atoms with Gasteiger partial charge in [-0.05, 0) is 42.2 Å². The largest absolute Gasteiger partial charge is 0.497 e. The molecule has 21 heavy (non-hydrogen) atoms. The summed E-state index contributed by atoms with van der Waals surface area (Å²) in [7, 11) is 1.68. The van der Waals surface area contributed by atoms with E-state index in [9.17, 15) is 0 Å². The third-order valence-electron chi connectivity index (χ3n) is 3.64. The summed E-state index contributed by atoms with van der Waals surface area (Å²) in [5.74, 6) is 1.33. The molecule has 0 radical (unpaired) electrons. The minimum absolute atomic E-state index is 0.271. The minimum Gasteiger partial charge on any atom is -0.497 e. The number of allylic oxidation sites excluding steroid dienone is 1. The monoisotopic (exact) mass is 281 g/mol. The number of nitrogens with one attached hydrogen (secondary N) is 1. The molecule has 0 aliphatic rings. The molecule has 2 aromatic rings. The van der Waals surface area contributed by atoms with E-state index >= 15 is 0 Å². The highest BCUT2D eigenvalue weighted by Crippen LogP contribution is 2.27. The van der Waals surface area contributed by atoms with Crippen LogP contribution in [0, 0.1) is 5.92 Å². The van der Waals surface area contributed by atoms with E-state index < -0.39 is 0 Å². The molecule has 0 aliphatic carbocycles. The maximum atomic E-state index is 5.20. The van der Waals surface area contributed by atoms with Gasteiger partial charge in [0.1, 0.15) is 5.75 Å². The molecule has 1 N–H and O–H groups in total. The Hall–Kier alpha value is -2.22. The summed E-state index contributed by atoms with van der Waals surface area (Å²) in [5.41, 5.74) is 2.39. The van der Waals surface area contributed by atoms with E-state index in [4.69, 9.17) is 4.74 Å². The molecule has 0 aromatic heterocycles. The second-order valence-corrected chi connectivity index (χ2v) is 5.28. The van der Waals surface area contributed by atoms with Gasteiger partial charge < -0.3 is 10.1 Å². The van der Waals surface area contributed by atoms with Gasteiger partial charge >= 0.3 is 0 Å². The first kappa shape index (κ1) is 15.2. The molecule has 0 heterocycles. The third-order valence-corrected chi connectivity index (χ3v) is 3.64. The Bertz CT molecular complexity index is 548. The highest BCUT2D eigenvalue weighted by molar-refractivity contribution is 5.48. The molecule has 2 nitrogen and oxygen atoms in total. The van der Waals surface area contributed by atoms with Crippen molar-refractivity contribution in [3.63, 3.8) is 0 Å². The van der Waals surface area contributed by atoms with Crippen molar-refractivity contribution in [3.8, 4) is 5.75 Å². The minimum atomic E-state index is 0.271. The van der Waals surface area contributed by atoms with Gasteiger partial charge in [0.05, 0.1) is 13.2 Å². The second-order valence-electron chi connectivity index (χ2n) is 5.28. The maximum Gasteiger partial charge on any atom is 0.119 e. The molecule has 0 amide bonds. The Labute approximate surface area is 127 Å². The van der Waals surface area contributed by atoms with Gasteiger partial charge in [0.2, 0.25) is 0 Å². The fourth-order valence-corrected chi connectivity index (χ4v) is 2.32. The Balaban J connectivity index is 2.16. The SMILES string of the molecule is C=C[C@@H](C)C[C@@H](Nc1ccc(OC)cc1)c1ccccc1. The smallest absolute Gasteiger partial charge is 0.119 e. The lowest BCUT2D eigenvalue weighted by atomic mass is 9.95. The topological polar surface area (TPSA) is 21.3 Å². The number of methoxy groups -OCH3 is 1. The molecule has 0 bridgehead atoms. The van der Waals surface area contributed by atoms with Crippen LogP contribution in [-0.2, 0) is 0 Å². The van der Waals surface area contributed by atoms with Crippen LogP contribution in [0.25, 0.3) is 0 Å². The van der Waals surface area contributed by atoms with Crippen molar-refractivity contribution in [1.82, 2.24) is 0 Å². The average Bonchev–Trinajstić information content (AvgIpc) is 2.55. The van der Waals surface area contributed by atoms with E-state index in [1.807, 2.05) is 36.4 Å². The van der Waals surface area contributed by atoms with Gasteiger partial charge in [-0.1, -0.05) is 43.3 Å². The lowest BCUT2D eigenvalue weighted by Crippen LogP contribution is -2.13. The number of ether oxygens (including phenoxy) is 1. The summed E-state index contributed by atoms with van der Waals surface area (Å²) in [6, 6.07) is 18.8. The second kappa shape index (κ2) is 7.53. The summed E-state index contributed by atoms with van der Waals surface area (Å²) < 4.78 is 5.20. The number of anilines is 1. The molecule has 0 saturated heterocycles. The van der Waals surface area contributed by atoms with Gasteiger partial charge in [0.25, 0.3) is 0 Å². The third kappa shape index (κ3) is 4.38. The molecule has 0 saturated carbocycles. The van der Waals surface area contributed by atoms with Crippen LogP contribution in [0.3, 0.4) is 0 Å². The predicted molar refractivity (Wildman–Crippen MR) is 89.8 cm³/mol. The Morgan fingerprint density at radius 3 is 2.33 bits per heavy atom. The zero-order valence-electron chi connectivity index (χ0n) is 12.8. The van der Waals surface area contributed by atoms with E-state index in [2.05, 4.69) is 43.1 Å². The standard InChI is InChI=1S/C19H23NO/c1-4-15(2)14-19(16-8-6-5-7-9-16)20-17-10-12-18(21-3)13-11-17/h4-13,15,19-20H,1,14H2,2-3H3/t15-,19-/m1/s1. The molecular formula is C19H23NO. The van der Waals surface area contributed by atoms with Crippen LogP contribution in [0.5, 0.6) is 5.75 Å². The Kier molecular flexibility index (Phi) is 5.44. The lowest BCUT2D eigenvalue weighted by molar-refractivity contribution is 0.415. The van der Waals surface area contributed by atoms with Crippen LogP contribution in [-0.4, -0.2) is 7.11 Å². The Morgan fingerprint density at radius 1 is 1.10 bits per heavy atom. The number of hydrogen-bond donors (Lipinski definition) is 1. The van der Waals surface area contributed by atoms with Crippen LogP contribution in [0.1, 0.15) is 24.9 Å². The molecule has 2 heteroatoms. The highest BCUT2D eigenvalue weighted by atomic mass is 16.5. The van der Waals surface area contributed by atoms with E-state index in [0.29, 0.717) is 5.92 Å². The summed E-state index contributed by atoms with van der Waals surface area (Å²) in [4.78, 5) is 0. The summed E-state index contributed by atoms with van der Waals surface area (Å²) in [6.45, 7) is 6.09. The normalized spacial score (nSPS) is 13.2. The van der Waals surface area contributed by atoms with Crippen molar-refractivity contribution in [2.75, 3.05) is 12.4 Å². The molecular weight excluding hydrogens is 258 g/mol. The van der Waals surface area contributed by atoms with Crippen LogP contribution < -0.4 is 10.1 Å². The molecule has 2 atom stereocenters. The van der Waals surface area contributed by atoms with Crippen molar-refractivity contribution in [1.29, 1.82) is 0 Å². The van der Waals surface area contributed by atoms with Crippen LogP contribution in [0.2, 0.25) is 0 Å². The van der Waals surface area contributed by atoms with Gasteiger partial charge in [-0.15, -0.1) is 6.58 Å². The summed E-state index contributed by atoms with van der Waals surface area (Å²) in [6.07, 6.45) is 3.02. The van der Waals surface area contributed by atoms with Gasteiger partial charge in [-0.25, -0.2) is 0 Å². The van der Waals surface area contributed by atoms with Crippen LogP contribution in [0.4, 0.5) is 5.69 Å². The van der Waals surface area contributed by atoms with Gasteiger partial charge in [-0.3, -0.25) is 0 Å². The fourth-order valence-electron chi connectivity index (χ4n) is 2.32. The van der Waals surface area contributed by atoms with Crippen LogP contribution >= 0.6 is 0 Å². The maximum absolute atomic E-state index is 5.20. The van der Waals surface area contributed by atoms with Crippen molar-refractivity contribution in [2.24, 2.45) is 5.92 Å². The van der Waals surface area contributed by atoms with Crippen molar-refractivity contribution < 1.29 is 4.74 Å². The summed E-state index contributed by atoms with van der Waals surface area (Å²) in [5, 5.41) is 3.61. The molecule has 0 fully saturated rings. The molecule has 110 valence electrons. The van der Waals surface area contributed by atoms with Gasteiger partial charge in [0.15, 0.2) is 0 Å². The van der Waals surface area contributed by atoms with E-state index in [-0.39, 0.29) is 6.04 Å². The number of hydrogen-bond acceptors (Lipinski definition) is 2. The van der Waals surface area contributed by atoms with Crippen molar-refractivity contribution in [2.45, 2.75) is 19.4 Å². The molecule has 0 aliphatic heterocycles. The molecule has 2 aromatic carbocycles. The molecule has 2 rings (SSSR count). The summed E-state index contributed by atoms with van der Waals surface area (Å²) >= 11 is 0. The first-order chi connectivity index (χ1) is 10.2. The first-order valence-electron chi connectivity index (χ1n) is 7.31. The zero-order valence-corrected chi connectivity index (χ0v) is 12.8. The van der Waals surface area contributed by atoms with Crippen molar-refractivity contribution >= 4 is 5.69 Å². The fraction of sp³-hybridized carbons (Fsp3) is 0.263. The van der Waals surface area contributed by atoms with Gasteiger partial charge in [0, 0.05) is 5.69 Å².